The molecule has 1 atom stereocenters. The molecule has 1 aliphatic heterocycles. The molecule has 3 heterocycles. The third-order valence-corrected chi connectivity index (χ3v) is 4.96. The summed E-state index contributed by atoms with van der Waals surface area (Å²) in [6.07, 6.45) is -1.22. The van der Waals surface area contributed by atoms with Gasteiger partial charge in [-0.2, -0.15) is 13.2 Å². The van der Waals surface area contributed by atoms with E-state index in [0.29, 0.717) is 31.0 Å². The molecule has 0 spiro atoms. The van der Waals surface area contributed by atoms with Crippen LogP contribution in [0.3, 0.4) is 0 Å². The van der Waals surface area contributed by atoms with E-state index in [1.165, 1.54) is 6.08 Å². The van der Waals surface area contributed by atoms with Crippen molar-refractivity contribution in [2.45, 2.75) is 25.2 Å². The fourth-order valence-corrected chi connectivity index (χ4v) is 3.33. The number of aromatic nitrogens is 4. The topological polar surface area (TPSA) is 102 Å². The second kappa shape index (κ2) is 9.84. The number of hydrogen-bond acceptors (Lipinski definition) is 6. The van der Waals surface area contributed by atoms with Gasteiger partial charge in [-0.15, -0.1) is 0 Å². The average Bonchev–Trinajstić information content (AvgIpc) is 3.09. The highest BCUT2D eigenvalue weighted by atomic mass is 19.4. The lowest BCUT2D eigenvalue weighted by molar-refractivity contribution is -0.138. The van der Waals surface area contributed by atoms with Gasteiger partial charge in [0.1, 0.15) is 6.17 Å². The van der Waals surface area contributed by atoms with Crippen LogP contribution in [0.2, 0.25) is 0 Å². The summed E-state index contributed by atoms with van der Waals surface area (Å²) >= 11 is 0. The van der Waals surface area contributed by atoms with E-state index in [2.05, 4.69) is 26.8 Å². The average molecular weight is 465 g/mol. The Balaban J connectivity index is 0.000000235. The molecular weight excluding hydrogens is 442 g/mol. The summed E-state index contributed by atoms with van der Waals surface area (Å²) in [6, 6.07) is 5.54. The summed E-state index contributed by atoms with van der Waals surface area (Å²) in [5, 5.41) is 2.72. The number of imidazole rings is 1. The Hall–Kier alpha value is -3.70. The van der Waals surface area contributed by atoms with Crippen molar-refractivity contribution < 1.29 is 22.4 Å². The van der Waals surface area contributed by atoms with Crippen LogP contribution in [-0.2, 0) is 18.0 Å². The third kappa shape index (κ3) is 5.96. The monoisotopic (exact) mass is 465 g/mol. The maximum Gasteiger partial charge on any atom is 0.419 e. The highest BCUT2D eigenvalue weighted by Crippen LogP contribution is 2.28. The standard InChI is InChI=1S/C16H19FN4O.C5H4F3N3/c1-3-15(22)18-12-6-7-14-13(9-12)19-16(20(14)2)21-8-4-5-11(17)10-21;6-5(7,8)3-1-10-4(9)11-2-3/h3,6-7,9,11H,1,4-5,8,10H2,2H3,(H,18,22);1-2H,(H2,9,10,11). The molecule has 1 aromatic carbocycles. The van der Waals surface area contributed by atoms with E-state index in [0.717, 1.165) is 29.9 Å². The molecule has 0 aliphatic carbocycles. The number of piperidine rings is 1. The Bertz CT molecular complexity index is 1130. The van der Waals surface area contributed by atoms with Gasteiger partial charge in [-0.1, -0.05) is 6.58 Å². The number of nitrogen functional groups attached to an aromatic ring is 1. The van der Waals surface area contributed by atoms with E-state index in [1.807, 2.05) is 34.7 Å². The largest absolute Gasteiger partial charge is 0.419 e. The van der Waals surface area contributed by atoms with Crippen molar-refractivity contribution in [1.82, 2.24) is 19.5 Å². The first-order valence-electron chi connectivity index (χ1n) is 10.0. The second-order valence-electron chi connectivity index (χ2n) is 7.38. The van der Waals surface area contributed by atoms with Crippen LogP contribution in [0.1, 0.15) is 18.4 Å². The molecule has 1 fully saturated rings. The zero-order chi connectivity index (χ0) is 24.2. The molecule has 3 N–H and O–H groups in total. The van der Waals surface area contributed by atoms with Crippen LogP contribution in [0, 0.1) is 0 Å². The molecule has 33 heavy (non-hydrogen) atoms. The summed E-state index contributed by atoms with van der Waals surface area (Å²) in [4.78, 5) is 24.3. The number of aryl methyl sites for hydroxylation is 1. The molecule has 0 radical (unpaired) electrons. The van der Waals surface area contributed by atoms with Gasteiger partial charge in [-0.3, -0.25) is 4.79 Å². The van der Waals surface area contributed by atoms with Crippen molar-refractivity contribution in [3.8, 4) is 0 Å². The number of carbonyl (C=O) groups excluding carboxylic acids is 1. The normalized spacial score (nSPS) is 16.2. The Morgan fingerprint density at radius 3 is 2.61 bits per heavy atom. The quantitative estimate of drug-likeness (QED) is 0.452. The van der Waals surface area contributed by atoms with Gasteiger partial charge >= 0.3 is 6.18 Å². The van der Waals surface area contributed by atoms with Crippen LogP contribution in [0.25, 0.3) is 11.0 Å². The number of halogens is 4. The molecule has 12 heteroatoms. The predicted molar refractivity (Wildman–Crippen MR) is 117 cm³/mol. The van der Waals surface area contributed by atoms with Crippen molar-refractivity contribution >= 4 is 34.5 Å². The van der Waals surface area contributed by atoms with Crippen molar-refractivity contribution in [2.75, 3.05) is 29.0 Å². The first kappa shape index (κ1) is 24.0. The van der Waals surface area contributed by atoms with Gasteiger partial charge in [0.15, 0.2) is 0 Å². The second-order valence-corrected chi connectivity index (χ2v) is 7.38. The molecule has 3 aromatic rings. The van der Waals surface area contributed by atoms with Crippen molar-refractivity contribution in [3.05, 3.63) is 48.8 Å². The fourth-order valence-electron chi connectivity index (χ4n) is 3.33. The van der Waals surface area contributed by atoms with Crippen molar-refractivity contribution in [3.63, 3.8) is 0 Å². The lowest BCUT2D eigenvalue weighted by Crippen LogP contribution is -2.37. The van der Waals surface area contributed by atoms with E-state index in [9.17, 15) is 22.4 Å². The van der Waals surface area contributed by atoms with E-state index < -0.39 is 17.9 Å². The number of alkyl halides is 4. The number of rotatable bonds is 3. The van der Waals surface area contributed by atoms with E-state index in [-0.39, 0.29) is 11.9 Å². The molecule has 176 valence electrons. The van der Waals surface area contributed by atoms with Crippen LogP contribution in [0.5, 0.6) is 0 Å². The minimum Gasteiger partial charge on any atom is -0.368 e. The molecular formula is C21H23F4N7O. The lowest BCUT2D eigenvalue weighted by atomic mass is 10.1. The van der Waals surface area contributed by atoms with Crippen molar-refractivity contribution in [1.29, 1.82) is 0 Å². The molecule has 4 rings (SSSR count). The summed E-state index contributed by atoms with van der Waals surface area (Å²) in [5.41, 5.74) is 6.48. The number of fused-ring (bicyclic) bond motifs is 1. The summed E-state index contributed by atoms with van der Waals surface area (Å²) < 4.78 is 51.0. The van der Waals surface area contributed by atoms with Gasteiger partial charge in [0, 0.05) is 31.7 Å². The Kier molecular flexibility index (Phi) is 7.14. The molecule has 0 bridgehead atoms. The van der Waals surface area contributed by atoms with Crippen LogP contribution in [0.4, 0.5) is 35.1 Å². The first-order valence-corrected chi connectivity index (χ1v) is 10.0. The summed E-state index contributed by atoms with van der Waals surface area (Å²) in [5.74, 6) is 0.342. The number of hydrogen-bond donors (Lipinski definition) is 2. The molecule has 8 nitrogen and oxygen atoms in total. The molecule has 1 amide bonds. The molecule has 1 saturated heterocycles. The smallest absolute Gasteiger partial charge is 0.368 e. The number of amides is 1. The number of anilines is 3. The Morgan fingerprint density at radius 1 is 1.30 bits per heavy atom. The van der Waals surface area contributed by atoms with Crippen LogP contribution < -0.4 is 16.0 Å². The zero-order valence-corrected chi connectivity index (χ0v) is 17.8. The number of nitrogens with zero attached hydrogens (tertiary/aromatic N) is 5. The number of nitrogens with one attached hydrogen (secondary N) is 1. The Labute approximate surface area is 187 Å². The molecule has 0 saturated carbocycles. The Morgan fingerprint density at radius 2 is 2.00 bits per heavy atom. The molecule has 2 aromatic heterocycles. The summed E-state index contributed by atoms with van der Waals surface area (Å²) in [7, 11) is 1.93. The van der Waals surface area contributed by atoms with E-state index in [1.54, 1.807) is 0 Å². The highest BCUT2D eigenvalue weighted by molar-refractivity contribution is 6.00. The number of benzene rings is 1. The SMILES string of the molecule is C=CC(=O)Nc1ccc2c(c1)nc(N1CCCC(F)C1)n2C.Nc1ncc(C(F)(F)F)cn1. The molecule has 1 aliphatic rings. The predicted octanol–water partition coefficient (Wildman–Crippen LogP) is 3.71. The van der Waals surface area contributed by atoms with Gasteiger partial charge in [0.2, 0.25) is 17.8 Å². The van der Waals surface area contributed by atoms with E-state index in [4.69, 9.17) is 5.73 Å². The minimum absolute atomic E-state index is 0.169. The van der Waals surface area contributed by atoms with Gasteiger partial charge in [-0.05, 0) is 37.1 Å². The van der Waals surface area contributed by atoms with E-state index >= 15 is 0 Å². The van der Waals surface area contributed by atoms with Crippen LogP contribution in [-0.4, -0.2) is 44.7 Å². The lowest BCUT2D eigenvalue weighted by Gasteiger charge is -2.29. The van der Waals surface area contributed by atoms with Gasteiger partial charge in [0.05, 0.1) is 23.1 Å². The highest BCUT2D eigenvalue weighted by Gasteiger charge is 2.31. The van der Waals surface area contributed by atoms with Crippen LogP contribution >= 0.6 is 0 Å². The summed E-state index contributed by atoms with van der Waals surface area (Å²) in [6.45, 7) is 4.63. The fraction of sp³-hybridized carbons (Fsp3) is 0.333. The molecule has 1 unspecified atom stereocenters. The van der Waals surface area contributed by atoms with Gasteiger partial charge in [-0.25, -0.2) is 19.3 Å². The van der Waals surface area contributed by atoms with Gasteiger partial charge < -0.3 is 20.5 Å². The number of nitrogens with two attached hydrogens (primary N) is 1. The van der Waals surface area contributed by atoms with Gasteiger partial charge in [0.25, 0.3) is 0 Å². The maximum absolute atomic E-state index is 13.6. The minimum atomic E-state index is -4.40. The number of carbonyl (C=O) groups is 1. The third-order valence-electron chi connectivity index (χ3n) is 4.96. The zero-order valence-electron chi connectivity index (χ0n) is 17.8. The van der Waals surface area contributed by atoms with Crippen LogP contribution in [0.15, 0.2) is 43.2 Å². The first-order chi connectivity index (χ1) is 15.6. The maximum atomic E-state index is 13.6. The van der Waals surface area contributed by atoms with Crippen molar-refractivity contribution in [2.24, 2.45) is 7.05 Å².